The monoisotopic (exact) mass is 422 g/mol. The van der Waals surface area contributed by atoms with E-state index in [1.165, 1.54) is 15.0 Å². The summed E-state index contributed by atoms with van der Waals surface area (Å²) < 4.78 is 26.4. The molecular formula is C16H21Cl2O2PSiTi. The SMILES string of the molecule is C[SiH](C)[Ti]([C]1=CC=CC1)([CH]1C=Cc2ccccc21)[P](=O)=O.Cl.Cl. The molecule has 0 spiro atoms. The molecule has 0 saturated heterocycles. The van der Waals surface area contributed by atoms with E-state index in [9.17, 15) is 9.13 Å². The number of fused-ring (bicyclic) bond motifs is 1. The van der Waals surface area contributed by atoms with Crippen LogP contribution in [0.2, 0.25) is 13.1 Å². The van der Waals surface area contributed by atoms with Crippen molar-refractivity contribution >= 4 is 43.2 Å². The van der Waals surface area contributed by atoms with Crippen LogP contribution in [0.5, 0.6) is 0 Å². The van der Waals surface area contributed by atoms with Gasteiger partial charge in [-0.05, 0) is 0 Å². The molecule has 0 saturated carbocycles. The quantitative estimate of drug-likeness (QED) is 0.462. The van der Waals surface area contributed by atoms with E-state index in [1.807, 2.05) is 18.2 Å². The summed E-state index contributed by atoms with van der Waals surface area (Å²) in [5.41, 5.74) is 0.101. The van der Waals surface area contributed by atoms with Crippen LogP contribution in [0.4, 0.5) is 0 Å². The van der Waals surface area contributed by atoms with E-state index in [2.05, 4.69) is 49.5 Å². The number of halogens is 2. The molecule has 2 unspecified atom stereocenters. The zero-order chi connectivity index (χ0) is 15.0. The van der Waals surface area contributed by atoms with Crippen molar-refractivity contribution < 1.29 is 24.5 Å². The molecule has 0 bridgehead atoms. The second-order valence-corrected chi connectivity index (χ2v) is 29.3. The molecule has 0 aliphatic heterocycles. The van der Waals surface area contributed by atoms with Gasteiger partial charge in [0.1, 0.15) is 0 Å². The van der Waals surface area contributed by atoms with E-state index in [-0.39, 0.29) is 29.0 Å². The average Bonchev–Trinajstić information content (AvgIpc) is 3.09. The molecule has 0 N–H and O–H groups in total. The second kappa shape index (κ2) is 8.29. The van der Waals surface area contributed by atoms with Crippen LogP contribution in [0.1, 0.15) is 21.8 Å². The standard InChI is InChI=1S/C9H7.C5H5.C2H7Si.2ClH.O2P.Ti/c1-2-5-9-7-3-6-8(9)4-1;1-2-4-5-3-1;1-3-2;;;1-3-2;/h1-7H;1-3H,4H2;3H,1-2H3;2*1H;;. The average molecular weight is 423 g/mol. The minimum absolute atomic E-state index is 0. The summed E-state index contributed by atoms with van der Waals surface area (Å²) >= 11 is -3.17. The number of hydrogen-bond acceptors (Lipinski definition) is 2. The molecule has 0 radical (unpaired) electrons. The topological polar surface area (TPSA) is 34.1 Å². The molecule has 124 valence electrons. The predicted molar refractivity (Wildman–Crippen MR) is 102 cm³/mol. The molecule has 23 heavy (non-hydrogen) atoms. The number of allylic oxidation sites excluding steroid dienone is 5. The molecule has 2 atom stereocenters. The van der Waals surface area contributed by atoms with Crippen molar-refractivity contribution in [3.63, 3.8) is 0 Å². The fourth-order valence-corrected chi connectivity index (χ4v) is 29.6. The Kier molecular flexibility index (Phi) is 7.53. The Bertz CT molecular complexity index is 735. The number of benzene rings is 1. The third kappa shape index (κ3) is 3.33. The van der Waals surface area contributed by atoms with Crippen molar-refractivity contribution in [3.05, 3.63) is 63.6 Å². The molecule has 1 aromatic rings. The van der Waals surface area contributed by atoms with Gasteiger partial charge in [-0.1, -0.05) is 0 Å². The maximum absolute atomic E-state index is 12.5. The van der Waals surface area contributed by atoms with Gasteiger partial charge >= 0.3 is 130 Å². The van der Waals surface area contributed by atoms with Gasteiger partial charge in [-0.25, -0.2) is 0 Å². The summed E-state index contributed by atoms with van der Waals surface area (Å²) in [7, 11) is 0. The first-order valence-electron chi connectivity index (χ1n) is 7.36. The summed E-state index contributed by atoms with van der Waals surface area (Å²) in [6.45, 7) is 3.16. The van der Waals surface area contributed by atoms with Crippen LogP contribution >= 0.6 is 30.5 Å². The normalized spacial score (nSPS) is 20.3. The van der Waals surface area contributed by atoms with Gasteiger partial charge in [-0.15, -0.1) is 24.8 Å². The van der Waals surface area contributed by atoms with E-state index < -0.39 is 27.7 Å². The first kappa shape index (κ1) is 20.9. The van der Waals surface area contributed by atoms with Gasteiger partial charge in [-0.2, -0.15) is 0 Å². The molecule has 2 aliphatic carbocycles. The molecule has 0 heterocycles. The summed E-state index contributed by atoms with van der Waals surface area (Å²) in [6.07, 6.45) is 11.4. The van der Waals surface area contributed by atoms with Gasteiger partial charge in [-0.3, -0.25) is 0 Å². The fourth-order valence-electron chi connectivity index (χ4n) is 3.75. The first-order chi connectivity index (χ1) is 10.1. The van der Waals surface area contributed by atoms with E-state index >= 15 is 0 Å². The molecule has 2 aliphatic rings. The Labute approximate surface area is 154 Å². The molecule has 0 amide bonds. The zero-order valence-corrected chi connectivity index (χ0v) is 18.4. The Morgan fingerprint density at radius 3 is 2.43 bits per heavy atom. The van der Waals surface area contributed by atoms with Crippen molar-refractivity contribution in [1.82, 2.24) is 0 Å². The maximum atomic E-state index is 12.5. The molecule has 1 aromatic carbocycles. The molecule has 0 fully saturated rings. The van der Waals surface area contributed by atoms with E-state index in [1.54, 1.807) is 0 Å². The van der Waals surface area contributed by atoms with Gasteiger partial charge < -0.3 is 0 Å². The summed E-state index contributed by atoms with van der Waals surface area (Å²) in [5, 5.41) is 0. The molecular weight excluding hydrogens is 402 g/mol. The Morgan fingerprint density at radius 2 is 1.87 bits per heavy atom. The van der Waals surface area contributed by atoms with Crippen LogP contribution in [0, 0.1) is 0 Å². The van der Waals surface area contributed by atoms with E-state index in [0.717, 1.165) is 6.42 Å². The fraction of sp³-hybridized carbons (Fsp3) is 0.250. The van der Waals surface area contributed by atoms with Crippen molar-refractivity contribution in [1.29, 1.82) is 0 Å². The Hall–Kier alpha value is -0.149. The first-order valence-corrected chi connectivity index (χ1v) is 17.9. The molecule has 7 heteroatoms. The van der Waals surface area contributed by atoms with Gasteiger partial charge in [0.2, 0.25) is 0 Å². The van der Waals surface area contributed by atoms with Gasteiger partial charge in [0, 0.05) is 0 Å². The minimum atomic E-state index is -3.17. The van der Waals surface area contributed by atoms with Crippen molar-refractivity contribution in [2.24, 2.45) is 0 Å². The van der Waals surface area contributed by atoms with Crippen LogP contribution in [-0.4, -0.2) is 6.66 Å². The minimum Gasteiger partial charge on any atom is -0.147 e. The van der Waals surface area contributed by atoms with Crippen molar-refractivity contribution in [2.45, 2.75) is 23.7 Å². The van der Waals surface area contributed by atoms with Crippen molar-refractivity contribution in [2.75, 3.05) is 0 Å². The summed E-state index contributed by atoms with van der Waals surface area (Å²) in [5.74, 6) is 0. The van der Waals surface area contributed by atoms with Gasteiger partial charge in [0.25, 0.3) is 0 Å². The number of hydrogen-bond donors (Lipinski definition) is 0. The summed E-state index contributed by atoms with van der Waals surface area (Å²) in [4.78, 5) is 0. The smallest absolute Gasteiger partial charge is 0.147 e. The number of rotatable bonds is 4. The summed E-state index contributed by atoms with van der Waals surface area (Å²) in [6, 6.07) is 8.28. The van der Waals surface area contributed by atoms with Crippen LogP contribution in [0.25, 0.3) is 6.08 Å². The molecule has 2 nitrogen and oxygen atoms in total. The van der Waals surface area contributed by atoms with E-state index in [4.69, 9.17) is 0 Å². The third-order valence-electron chi connectivity index (χ3n) is 4.74. The van der Waals surface area contributed by atoms with Crippen molar-refractivity contribution in [3.8, 4) is 0 Å². The molecule has 3 rings (SSSR count). The van der Waals surface area contributed by atoms with Crippen LogP contribution in [-0.2, 0) is 24.5 Å². The Morgan fingerprint density at radius 1 is 1.17 bits per heavy atom. The Balaban J connectivity index is 0.00000132. The van der Waals surface area contributed by atoms with Gasteiger partial charge in [0.05, 0.1) is 0 Å². The third-order valence-corrected chi connectivity index (χ3v) is 37.0. The second-order valence-electron chi connectivity index (χ2n) is 6.03. The molecule has 0 aromatic heterocycles. The largest absolute Gasteiger partial charge is 0.147 e. The van der Waals surface area contributed by atoms with Crippen LogP contribution < -0.4 is 0 Å². The zero-order valence-electron chi connectivity index (χ0n) is 13.1. The van der Waals surface area contributed by atoms with Gasteiger partial charge in [0.15, 0.2) is 0 Å². The maximum Gasteiger partial charge on any atom is -0.147 e. The predicted octanol–water partition coefficient (Wildman–Crippen LogP) is 5.67. The van der Waals surface area contributed by atoms with Crippen LogP contribution in [0.15, 0.2) is 52.4 Å². The van der Waals surface area contributed by atoms with E-state index in [0.29, 0.717) is 0 Å². The van der Waals surface area contributed by atoms with Crippen LogP contribution in [0.3, 0.4) is 0 Å².